The zero-order chi connectivity index (χ0) is 47.8. The van der Waals surface area contributed by atoms with Crippen molar-refractivity contribution in [3.8, 4) is 53.6 Å². The van der Waals surface area contributed by atoms with Gasteiger partial charge in [-0.2, -0.15) is 0 Å². The maximum Gasteiger partial charge on any atom is 0.263 e. The number of benzene rings is 6. The SMILES string of the molecule is Cc1cc(-c2cc(F)c(C(=O)Nc3ncc(-c4ccc(-c5ccc(C(=O)Nc6ncc(-c7ccccc7C)s6)c(Cl)c5)cc4C)s3)c(F)c2)c(F)cc1-c1cnc(NC(=O)c2ccccc2F)s1. The van der Waals surface area contributed by atoms with Gasteiger partial charge in [0.1, 0.15) is 28.8 Å². The van der Waals surface area contributed by atoms with E-state index in [-0.39, 0.29) is 37.9 Å². The molecule has 3 amide bonds. The lowest BCUT2D eigenvalue weighted by molar-refractivity contribution is 0.101. The van der Waals surface area contributed by atoms with Crippen LogP contribution in [0.25, 0.3) is 53.6 Å². The number of carbonyl (C=O) groups is 3. The normalized spacial score (nSPS) is 11.1. The molecule has 0 saturated heterocycles. The van der Waals surface area contributed by atoms with E-state index < -0.39 is 40.6 Å². The molecule has 0 bridgehead atoms. The summed E-state index contributed by atoms with van der Waals surface area (Å²) < 4.78 is 60.9. The summed E-state index contributed by atoms with van der Waals surface area (Å²) in [4.78, 5) is 53.9. The molecule has 9 rings (SSSR count). The van der Waals surface area contributed by atoms with Crippen LogP contribution in [-0.4, -0.2) is 32.7 Å². The first-order valence-electron chi connectivity index (χ1n) is 20.5. The molecule has 338 valence electrons. The van der Waals surface area contributed by atoms with Crippen LogP contribution in [0, 0.1) is 44.0 Å². The molecule has 0 unspecified atom stereocenters. The molecule has 0 spiro atoms. The molecule has 0 saturated carbocycles. The number of halogens is 5. The number of aromatic nitrogens is 3. The summed E-state index contributed by atoms with van der Waals surface area (Å²) in [5.74, 6) is -6.08. The monoisotopic (exact) mass is 984 g/mol. The third kappa shape index (κ3) is 9.44. The number of amides is 3. The van der Waals surface area contributed by atoms with Gasteiger partial charge in [0.15, 0.2) is 15.4 Å². The van der Waals surface area contributed by atoms with Crippen molar-refractivity contribution in [2.45, 2.75) is 20.8 Å². The number of carbonyl (C=O) groups excluding carboxylic acids is 3. The Kier molecular flexibility index (Phi) is 12.8. The second-order valence-electron chi connectivity index (χ2n) is 15.4. The minimum atomic E-state index is -1.21. The van der Waals surface area contributed by atoms with Gasteiger partial charge in [-0.15, -0.1) is 0 Å². The molecule has 0 aliphatic rings. The molecule has 68 heavy (non-hydrogen) atoms. The first kappa shape index (κ1) is 45.8. The smallest absolute Gasteiger partial charge is 0.263 e. The summed E-state index contributed by atoms with van der Waals surface area (Å²) in [6.07, 6.45) is 4.69. The van der Waals surface area contributed by atoms with Gasteiger partial charge in [-0.25, -0.2) is 32.5 Å². The van der Waals surface area contributed by atoms with E-state index in [0.29, 0.717) is 31.6 Å². The summed E-state index contributed by atoms with van der Waals surface area (Å²) >= 11 is 10.2. The van der Waals surface area contributed by atoms with Crippen molar-refractivity contribution in [3.63, 3.8) is 0 Å². The second-order valence-corrected chi connectivity index (χ2v) is 18.9. The first-order valence-corrected chi connectivity index (χ1v) is 23.4. The van der Waals surface area contributed by atoms with Crippen LogP contribution < -0.4 is 16.0 Å². The van der Waals surface area contributed by atoms with Crippen molar-refractivity contribution in [1.29, 1.82) is 0 Å². The topological polar surface area (TPSA) is 126 Å². The summed E-state index contributed by atoms with van der Waals surface area (Å²) in [7, 11) is 0. The second kappa shape index (κ2) is 19.1. The number of nitrogens with zero attached hydrogens (tertiary/aromatic N) is 3. The summed E-state index contributed by atoms with van der Waals surface area (Å²) in [6.45, 7) is 5.59. The number of anilines is 3. The molecule has 17 heteroatoms. The van der Waals surface area contributed by atoms with Gasteiger partial charge in [-0.05, 0) is 119 Å². The van der Waals surface area contributed by atoms with Crippen molar-refractivity contribution >= 4 is 78.7 Å². The molecule has 3 aromatic heterocycles. The number of thiazole rings is 3. The molecule has 0 aliphatic carbocycles. The molecule has 3 heterocycles. The number of hydrogen-bond acceptors (Lipinski definition) is 9. The Hall–Kier alpha value is -7.37. The van der Waals surface area contributed by atoms with Crippen molar-refractivity contribution in [2.24, 2.45) is 0 Å². The predicted molar refractivity (Wildman–Crippen MR) is 263 cm³/mol. The molecule has 9 nitrogen and oxygen atoms in total. The van der Waals surface area contributed by atoms with Gasteiger partial charge >= 0.3 is 0 Å². The predicted octanol–water partition coefficient (Wildman–Crippen LogP) is 14.3. The van der Waals surface area contributed by atoms with Gasteiger partial charge < -0.3 is 0 Å². The van der Waals surface area contributed by atoms with Crippen LogP contribution in [0.4, 0.5) is 33.0 Å². The van der Waals surface area contributed by atoms with Gasteiger partial charge in [-0.3, -0.25) is 30.3 Å². The lowest BCUT2D eigenvalue weighted by atomic mass is 9.97. The van der Waals surface area contributed by atoms with Crippen LogP contribution in [0.15, 0.2) is 128 Å². The highest BCUT2D eigenvalue weighted by atomic mass is 35.5. The maximum absolute atomic E-state index is 15.7. The third-order valence-electron chi connectivity index (χ3n) is 10.9. The number of hydrogen-bond donors (Lipinski definition) is 3. The number of nitrogens with one attached hydrogen (secondary N) is 3. The zero-order valence-electron chi connectivity index (χ0n) is 35.8. The highest BCUT2D eigenvalue weighted by Gasteiger charge is 2.24. The Morgan fingerprint density at radius 1 is 0.456 bits per heavy atom. The highest BCUT2D eigenvalue weighted by molar-refractivity contribution is 7.19. The van der Waals surface area contributed by atoms with Crippen LogP contribution in [-0.2, 0) is 0 Å². The summed E-state index contributed by atoms with van der Waals surface area (Å²) in [5, 5.41) is 8.82. The van der Waals surface area contributed by atoms with E-state index in [2.05, 4.69) is 30.9 Å². The Morgan fingerprint density at radius 2 is 0.971 bits per heavy atom. The lowest BCUT2D eigenvalue weighted by Crippen LogP contribution is -2.16. The van der Waals surface area contributed by atoms with E-state index in [9.17, 15) is 18.8 Å². The van der Waals surface area contributed by atoms with E-state index in [1.807, 2.05) is 56.3 Å². The first-order chi connectivity index (χ1) is 32.7. The number of rotatable bonds is 11. The molecular weight excluding hydrogens is 952 g/mol. The third-order valence-corrected chi connectivity index (χ3v) is 14.1. The van der Waals surface area contributed by atoms with E-state index in [1.165, 1.54) is 47.9 Å². The van der Waals surface area contributed by atoms with Gasteiger partial charge in [0.05, 0.1) is 30.8 Å². The lowest BCUT2D eigenvalue weighted by Gasteiger charge is -2.12. The van der Waals surface area contributed by atoms with Gasteiger partial charge in [-0.1, -0.05) is 106 Å². The average molecular weight is 986 g/mol. The fourth-order valence-corrected chi connectivity index (χ4v) is 10.4. The molecule has 0 radical (unpaired) electrons. The molecule has 0 atom stereocenters. The van der Waals surface area contributed by atoms with Crippen molar-refractivity contribution in [2.75, 3.05) is 16.0 Å². The minimum absolute atomic E-state index is 0.0939. The molecule has 0 aliphatic heterocycles. The zero-order valence-corrected chi connectivity index (χ0v) is 39.0. The fourth-order valence-electron chi connectivity index (χ4n) is 7.46. The molecule has 0 fully saturated rings. The molecule has 3 N–H and O–H groups in total. The maximum atomic E-state index is 15.7. The quantitative estimate of drug-likeness (QED) is 0.111. The Labute approximate surface area is 403 Å². The highest BCUT2D eigenvalue weighted by Crippen LogP contribution is 2.39. The van der Waals surface area contributed by atoms with Crippen LogP contribution in [0.1, 0.15) is 47.8 Å². The van der Waals surface area contributed by atoms with Crippen LogP contribution >= 0.6 is 45.6 Å². The van der Waals surface area contributed by atoms with Crippen LogP contribution in [0.2, 0.25) is 5.02 Å². The van der Waals surface area contributed by atoms with Crippen molar-refractivity contribution in [3.05, 3.63) is 189 Å². The van der Waals surface area contributed by atoms with Crippen LogP contribution in [0.3, 0.4) is 0 Å². The largest absolute Gasteiger partial charge is 0.298 e. The van der Waals surface area contributed by atoms with Crippen molar-refractivity contribution in [1.82, 2.24) is 15.0 Å². The Morgan fingerprint density at radius 3 is 1.57 bits per heavy atom. The Bertz CT molecular complexity index is 3460. The van der Waals surface area contributed by atoms with E-state index in [4.69, 9.17) is 11.6 Å². The van der Waals surface area contributed by atoms with E-state index in [1.54, 1.807) is 37.5 Å². The van der Waals surface area contributed by atoms with Crippen molar-refractivity contribution < 1.29 is 31.9 Å². The fraction of sp³-hybridized carbons (Fsp3) is 0.0588. The number of aryl methyl sites for hydroxylation is 3. The van der Waals surface area contributed by atoms with E-state index in [0.717, 1.165) is 79.1 Å². The van der Waals surface area contributed by atoms with E-state index >= 15 is 13.2 Å². The van der Waals surface area contributed by atoms with Crippen LogP contribution in [0.5, 0.6) is 0 Å². The average Bonchev–Trinajstić information content (AvgIpc) is 4.09. The van der Waals surface area contributed by atoms with Gasteiger partial charge in [0, 0.05) is 24.2 Å². The van der Waals surface area contributed by atoms with Gasteiger partial charge in [0.25, 0.3) is 17.7 Å². The molecular formula is C51H33ClF4N6O3S3. The molecule has 9 aromatic rings. The molecule has 6 aromatic carbocycles. The Balaban J connectivity index is 0.849. The summed E-state index contributed by atoms with van der Waals surface area (Å²) in [6, 6.07) is 28.7. The standard InChI is InChI=1S/C51H33ClF4N6O3S3/c1-25-8-4-5-9-31(25)42-22-57-49(66-42)60-46(63)33-15-13-29(18-37(33)52)28-12-14-32(26(2)16-28)43-23-58-51(67-43)62-48(65)45-40(55)19-30(20-41(45)56)36-17-27(3)35(21-39(36)54)44-24-59-50(68-44)61-47(64)34-10-6-7-11-38(34)53/h4-24H,1-3H3,(H,57,60,63)(H,58,62,65)(H,59,61,64). The van der Waals surface area contributed by atoms with Gasteiger partial charge in [0.2, 0.25) is 0 Å². The summed E-state index contributed by atoms with van der Waals surface area (Å²) in [5.41, 5.74) is 5.38. The minimum Gasteiger partial charge on any atom is -0.298 e.